The van der Waals surface area contributed by atoms with Crippen molar-refractivity contribution in [2.24, 2.45) is 0 Å². The highest BCUT2D eigenvalue weighted by atomic mass is 31.2. The average Bonchev–Trinajstić information content (AvgIpc) is 2.13. The molecule has 0 atom stereocenters. The van der Waals surface area contributed by atoms with E-state index in [4.69, 9.17) is 5.11 Å². The normalized spacial score (nSPS) is 10.4. The lowest BCUT2D eigenvalue weighted by atomic mass is 10.9. The molecule has 0 rings (SSSR count). The van der Waals surface area contributed by atoms with Crippen molar-refractivity contribution in [2.45, 2.75) is 27.7 Å². The van der Waals surface area contributed by atoms with Crippen molar-refractivity contribution in [3.8, 4) is 0 Å². The Kier molecular flexibility index (Phi) is 10.8. The zero-order chi connectivity index (χ0) is 9.33. The van der Waals surface area contributed by atoms with Gasteiger partial charge in [0.1, 0.15) is 0 Å². The Labute approximate surface area is 72.5 Å². The molecule has 0 N–H and O–H groups in total. The van der Waals surface area contributed by atoms with Crippen molar-refractivity contribution >= 4 is 7.26 Å². The molecule has 0 aliphatic rings. The van der Waals surface area contributed by atoms with Gasteiger partial charge in [0.15, 0.2) is 0 Å². The summed E-state index contributed by atoms with van der Waals surface area (Å²) in [5.41, 5.74) is 0. The molecule has 0 amide bonds. The predicted molar refractivity (Wildman–Crippen MR) is 55.0 cm³/mol. The topological polar surface area (TPSA) is 23.1 Å². The van der Waals surface area contributed by atoms with E-state index in [1.165, 1.54) is 24.6 Å². The standard InChI is InChI=1S/C8H20P.CH3O/c1-5-9(6-2,7-3)8-4;1-2/h5-8H2,1-4H3;1H3/q+1;-1. The first kappa shape index (κ1) is 13.9. The zero-order valence-corrected chi connectivity index (χ0v) is 9.58. The van der Waals surface area contributed by atoms with Gasteiger partial charge in [-0.15, -0.1) is 0 Å². The van der Waals surface area contributed by atoms with Crippen LogP contribution in [0, 0.1) is 0 Å². The van der Waals surface area contributed by atoms with Gasteiger partial charge in [-0.1, -0.05) is 0 Å². The molecule has 0 saturated carbocycles. The first-order valence-corrected chi connectivity index (χ1v) is 7.03. The Hall–Kier alpha value is 0.390. The molecule has 11 heavy (non-hydrogen) atoms. The van der Waals surface area contributed by atoms with Crippen LogP contribution in [0.4, 0.5) is 0 Å². The fourth-order valence-corrected chi connectivity index (χ4v) is 4.02. The highest BCUT2D eigenvalue weighted by Crippen LogP contribution is 2.57. The van der Waals surface area contributed by atoms with Crippen molar-refractivity contribution in [1.82, 2.24) is 0 Å². The van der Waals surface area contributed by atoms with E-state index in [-0.39, 0.29) is 0 Å². The molecule has 2 heteroatoms. The van der Waals surface area contributed by atoms with Gasteiger partial charge in [0, 0.05) is 7.26 Å². The zero-order valence-electron chi connectivity index (χ0n) is 8.68. The highest BCUT2D eigenvalue weighted by Gasteiger charge is 2.27. The molecule has 0 aromatic carbocycles. The van der Waals surface area contributed by atoms with E-state index < -0.39 is 7.26 Å². The molecule has 0 aliphatic heterocycles. The van der Waals surface area contributed by atoms with Crippen LogP contribution in [0.25, 0.3) is 0 Å². The SMILES string of the molecule is CC[P+](CC)(CC)CC.C[O-]. The molecule has 1 nitrogen and oxygen atoms in total. The van der Waals surface area contributed by atoms with Crippen molar-refractivity contribution in [2.75, 3.05) is 31.8 Å². The van der Waals surface area contributed by atoms with E-state index in [0.717, 1.165) is 7.11 Å². The van der Waals surface area contributed by atoms with Crippen LogP contribution in [0.3, 0.4) is 0 Å². The summed E-state index contributed by atoms with van der Waals surface area (Å²) in [6.45, 7) is 9.41. The third-order valence-electron chi connectivity index (χ3n) is 2.68. The molecule has 0 unspecified atom stereocenters. The Balaban J connectivity index is 0. The smallest absolute Gasteiger partial charge is 0.0565 e. The van der Waals surface area contributed by atoms with Gasteiger partial charge in [-0.2, -0.15) is 7.11 Å². The summed E-state index contributed by atoms with van der Waals surface area (Å²) in [6, 6.07) is 0. The summed E-state index contributed by atoms with van der Waals surface area (Å²) in [6.07, 6.45) is 5.82. The fraction of sp³-hybridized carbons (Fsp3) is 1.00. The van der Waals surface area contributed by atoms with Crippen LogP contribution >= 0.6 is 7.26 Å². The van der Waals surface area contributed by atoms with Gasteiger partial charge < -0.3 is 5.11 Å². The molecule has 0 fully saturated rings. The summed E-state index contributed by atoms with van der Waals surface area (Å²) in [5, 5.41) is 8.25. The van der Waals surface area contributed by atoms with Crippen molar-refractivity contribution < 1.29 is 5.11 Å². The fourth-order valence-electron chi connectivity index (χ4n) is 1.34. The van der Waals surface area contributed by atoms with Gasteiger partial charge in [-0.25, -0.2) is 0 Å². The second kappa shape index (κ2) is 8.49. The van der Waals surface area contributed by atoms with Crippen LogP contribution < -0.4 is 5.11 Å². The van der Waals surface area contributed by atoms with Gasteiger partial charge in [-0.3, -0.25) is 0 Å². The molecule has 0 bridgehead atoms. The minimum atomic E-state index is -0.420. The van der Waals surface area contributed by atoms with E-state index in [1.54, 1.807) is 0 Å². The molecule has 0 aliphatic carbocycles. The van der Waals surface area contributed by atoms with Gasteiger partial charge in [0.2, 0.25) is 0 Å². The molecule has 0 heterocycles. The third kappa shape index (κ3) is 4.76. The maximum absolute atomic E-state index is 8.25. The van der Waals surface area contributed by atoms with Gasteiger partial charge in [-0.05, 0) is 27.7 Å². The molecule has 0 saturated heterocycles. The van der Waals surface area contributed by atoms with Crippen LogP contribution in [0.15, 0.2) is 0 Å². The largest absolute Gasteiger partial charge is 0.857 e. The highest BCUT2D eigenvalue weighted by molar-refractivity contribution is 7.75. The van der Waals surface area contributed by atoms with Gasteiger partial charge >= 0.3 is 0 Å². The molecule has 0 aromatic heterocycles. The van der Waals surface area contributed by atoms with Crippen molar-refractivity contribution in [1.29, 1.82) is 0 Å². The first-order valence-electron chi connectivity index (χ1n) is 4.50. The first-order chi connectivity index (χ1) is 5.24. The average molecular weight is 178 g/mol. The van der Waals surface area contributed by atoms with E-state index in [9.17, 15) is 0 Å². The summed E-state index contributed by atoms with van der Waals surface area (Å²) in [4.78, 5) is 0. The molecular weight excluding hydrogens is 155 g/mol. The maximum Gasteiger partial charge on any atom is 0.0565 e. The Morgan fingerprint density at radius 1 is 0.727 bits per heavy atom. The maximum atomic E-state index is 8.25. The lowest BCUT2D eigenvalue weighted by Crippen LogP contribution is -2.04. The van der Waals surface area contributed by atoms with Crippen LogP contribution in [0.5, 0.6) is 0 Å². The number of rotatable bonds is 4. The van der Waals surface area contributed by atoms with Crippen molar-refractivity contribution in [3.63, 3.8) is 0 Å². The lowest BCUT2D eigenvalue weighted by Gasteiger charge is -2.20. The van der Waals surface area contributed by atoms with Gasteiger partial charge in [0.25, 0.3) is 0 Å². The Bertz CT molecular complexity index is 52.5. The van der Waals surface area contributed by atoms with Crippen LogP contribution in [-0.2, 0) is 0 Å². The van der Waals surface area contributed by atoms with Crippen molar-refractivity contribution in [3.05, 3.63) is 0 Å². The van der Waals surface area contributed by atoms with E-state index in [0.29, 0.717) is 0 Å². The van der Waals surface area contributed by atoms with E-state index in [1.807, 2.05) is 0 Å². The van der Waals surface area contributed by atoms with Crippen LogP contribution in [0.2, 0.25) is 0 Å². The molecular formula is C9H23OP. The van der Waals surface area contributed by atoms with Gasteiger partial charge in [0.05, 0.1) is 24.6 Å². The summed E-state index contributed by atoms with van der Waals surface area (Å²) < 4.78 is 0. The molecule has 70 valence electrons. The Morgan fingerprint density at radius 3 is 0.909 bits per heavy atom. The predicted octanol–water partition coefficient (Wildman–Crippen LogP) is 2.06. The molecule has 0 radical (unpaired) electrons. The number of hydrogen-bond acceptors (Lipinski definition) is 1. The monoisotopic (exact) mass is 178 g/mol. The summed E-state index contributed by atoms with van der Waals surface area (Å²) >= 11 is 0. The summed E-state index contributed by atoms with van der Waals surface area (Å²) in [5.74, 6) is 0. The quantitative estimate of drug-likeness (QED) is 0.604. The molecule has 0 spiro atoms. The van der Waals surface area contributed by atoms with E-state index in [2.05, 4.69) is 27.7 Å². The summed E-state index contributed by atoms with van der Waals surface area (Å²) in [7, 11) is 0.330. The van der Waals surface area contributed by atoms with Crippen LogP contribution in [0.1, 0.15) is 27.7 Å². The molecule has 0 aromatic rings. The third-order valence-corrected chi connectivity index (χ3v) is 8.05. The Morgan fingerprint density at radius 2 is 0.909 bits per heavy atom. The number of hydrogen-bond donors (Lipinski definition) is 0. The second-order valence-corrected chi connectivity index (χ2v) is 7.82. The second-order valence-electron chi connectivity index (χ2n) is 2.61. The van der Waals surface area contributed by atoms with Crippen LogP contribution in [-0.4, -0.2) is 31.8 Å². The lowest BCUT2D eigenvalue weighted by molar-refractivity contribution is -0.325. The minimum Gasteiger partial charge on any atom is -0.857 e. The minimum absolute atomic E-state index is 0.420. The van der Waals surface area contributed by atoms with E-state index >= 15 is 0 Å².